The Morgan fingerprint density at radius 2 is 1.69 bits per heavy atom. The summed E-state index contributed by atoms with van der Waals surface area (Å²) in [5, 5.41) is 0.442. The van der Waals surface area contributed by atoms with Gasteiger partial charge in [0.1, 0.15) is 11.9 Å². The van der Waals surface area contributed by atoms with E-state index in [0.29, 0.717) is 28.1 Å². The third-order valence-corrected chi connectivity index (χ3v) is 7.02. The van der Waals surface area contributed by atoms with E-state index < -0.39 is 32.8 Å². The van der Waals surface area contributed by atoms with E-state index in [1.807, 2.05) is 0 Å². The summed E-state index contributed by atoms with van der Waals surface area (Å²) in [4.78, 5) is -0.431. The van der Waals surface area contributed by atoms with Crippen LogP contribution in [-0.4, -0.2) is 15.0 Å². The van der Waals surface area contributed by atoms with Crippen LogP contribution in [0.3, 0.4) is 0 Å². The van der Waals surface area contributed by atoms with Gasteiger partial charge in [-0.25, -0.2) is 8.42 Å². The van der Waals surface area contributed by atoms with E-state index in [0.717, 1.165) is 22.5 Å². The maximum atomic E-state index is 13.2. The van der Waals surface area contributed by atoms with E-state index in [-0.39, 0.29) is 6.54 Å². The highest BCUT2D eigenvalue weighted by atomic mass is 35.5. The normalized spacial score (nSPS) is 12.9. The van der Waals surface area contributed by atoms with Gasteiger partial charge in [0.15, 0.2) is 0 Å². The van der Waals surface area contributed by atoms with Crippen LogP contribution < -0.4 is 9.04 Å². The van der Waals surface area contributed by atoms with Crippen LogP contribution in [-0.2, 0) is 16.2 Å². The van der Waals surface area contributed by atoms with Crippen LogP contribution in [0.25, 0.3) is 0 Å². The van der Waals surface area contributed by atoms with Gasteiger partial charge in [-0.05, 0) is 61.9 Å². The van der Waals surface area contributed by atoms with Crippen molar-refractivity contribution in [1.82, 2.24) is 0 Å². The lowest BCUT2D eigenvalue weighted by molar-refractivity contribution is -0.137. The first kappa shape index (κ1) is 23.9. The maximum absolute atomic E-state index is 13.2. The molecule has 0 aliphatic rings. The predicted octanol–water partition coefficient (Wildman–Crippen LogP) is 6.71. The van der Waals surface area contributed by atoms with Gasteiger partial charge in [-0.3, -0.25) is 4.31 Å². The molecule has 0 radical (unpaired) electrons. The van der Waals surface area contributed by atoms with E-state index >= 15 is 0 Å². The standard InChI is InChI=1S/C23H21ClF3NO3S/c1-3-28(32(29,30)20-11-7-9-18(15-20)23(25,26)27)19-10-6-8-17(14-19)16(2)31-22-13-5-4-12-21(22)24/h4-16H,3H2,1-2H3. The molecule has 0 bridgehead atoms. The van der Waals surface area contributed by atoms with Crippen LogP contribution in [0.1, 0.15) is 31.1 Å². The summed E-state index contributed by atoms with van der Waals surface area (Å²) >= 11 is 6.14. The van der Waals surface area contributed by atoms with Gasteiger partial charge in [-0.2, -0.15) is 13.2 Å². The molecule has 170 valence electrons. The first-order valence-corrected chi connectivity index (χ1v) is 11.6. The van der Waals surface area contributed by atoms with Crippen LogP contribution in [0.4, 0.5) is 18.9 Å². The number of alkyl halides is 3. The SMILES string of the molecule is CCN(c1cccc(C(C)Oc2ccccc2Cl)c1)S(=O)(=O)c1cccc(C(F)(F)F)c1. The van der Waals surface area contributed by atoms with Crippen LogP contribution in [0.2, 0.25) is 5.02 Å². The Morgan fingerprint density at radius 1 is 1.00 bits per heavy atom. The van der Waals surface area contributed by atoms with Crippen molar-refractivity contribution in [3.63, 3.8) is 0 Å². The summed E-state index contributed by atoms with van der Waals surface area (Å²) in [5.41, 5.74) is -0.0257. The van der Waals surface area contributed by atoms with E-state index in [1.165, 1.54) is 0 Å². The zero-order valence-corrected chi connectivity index (χ0v) is 18.9. The van der Waals surface area contributed by atoms with Crippen molar-refractivity contribution in [2.75, 3.05) is 10.8 Å². The molecule has 1 unspecified atom stereocenters. The molecule has 0 saturated carbocycles. The molecule has 0 N–H and O–H groups in total. The summed E-state index contributed by atoms with van der Waals surface area (Å²) in [6, 6.07) is 17.4. The Morgan fingerprint density at radius 3 is 2.34 bits per heavy atom. The minimum Gasteiger partial charge on any atom is -0.484 e. The van der Waals surface area contributed by atoms with Crippen molar-refractivity contribution < 1.29 is 26.3 Å². The first-order valence-electron chi connectivity index (χ1n) is 9.75. The van der Waals surface area contributed by atoms with Gasteiger partial charge in [0, 0.05) is 6.54 Å². The summed E-state index contributed by atoms with van der Waals surface area (Å²) < 4.78 is 72.5. The molecule has 32 heavy (non-hydrogen) atoms. The van der Waals surface area contributed by atoms with Gasteiger partial charge in [-0.15, -0.1) is 0 Å². The first-order chi connectivity index (χ1) is 15.0. The number of halogens is 4. The Labute approximate surface area is 190 Å². The maximum Gasteiger partial charge on any atom is 0.416 e. The van der Waals surface area contributed by atoms with Crippen molar-refractivity contribution >= 4 is 27.3 Å². The van der Waals surface area contributed by atoms with Crippen molar-refractivity contribution in [2.24, 2.45) is 0 Å². The number of hydrogen-bond donors (Lipinski definition) is 0. The van der Waals surface area contributed by atoms with Crippen LogP contribution in [0, 0.1) is 0 Å². The molecule has 0 spiro atoms. The van der Waals surface area contributed by atoms with Crippen molar-refractivity contribution in [3.8, 4) is 5.75 Å². The summed E-state index contributed by atoms with van der Waals surface area (Å²) in [5.74, 6) is 0.482. The number of benzene rings is 3. The van der Waals surface area contributed by atoms with Gasteiger partial charge < -0.3 is 4.74 Å². The Kier molecular flexibility index (Phi) is 7.05. The third-order valence-electron chi connectivity index (χ3n) is 4.80. The van der Waals surface area contributed by atoms with E-state index in [1.54, 1.807) is 62.4 Å². The number of anilines is 1. The van der Waals surface area contributed by atoms with Crippen molar-refractivity contribution in [3.05, 3.63) is 88.9 Å². The Hall–Kier alpha value is -2.71. The van der Waals surface area contributed by atoms with Gasteiger partial charge in [-0.1, -0.05) is 41.9 Å². The zero-order chi connectivity index (χ0) is 23.5. The van der Waals surface area contributed by atoms with E-state index in [9.17, 15) is 21.6 Å². The van der Waals surface area contributed by atoms with Crippen molar-refractivity contribution in [1.29, 1.82) is 0 Å². The lowest BCUT2D eigenvalue weighted by atomic mass is 10.1. The Balaban J connectivity index is 1.93. The second kappa shape index (κ2) is 9.42. The van der Waals surface area contributed by atoms with Crippen LogP contribution in [0.15, 0.2) is 77.7 Å². The smallest absolute Gasteiger partial charge is 0.416 e. The molecular weight excluding hydrogens is 463 g/mol. The average Bonchev–Trinajstić information content (AvgIpc) is 2.75. The fourth-order valence-electron chi connectivity index (χ4n) is 3.18. The molecule has 1 atom stereocenters. The highest BCUT2D eigenvalue weighted by Gasteiger charge is 2.33. The van der Waals surface area contributed by atoms with Gasteiger partial charge >= 0.3 is 6.18 Å². The molecular formula is C23H21ClF3NO3S. The number of hydrogen-bond acceptors (Lipinski definition) is 3. The predicted molar refractivity (Wildman–Crippen MR) is 119 cm³/mol. The topological polar surface area (TPSA) is 46.6 Å². The highest BCUT2D eigenvalue weighted by Crippen LogP contribution is 2.33. The average molecular weight is 484 g/mol. The lowest BCUT2D eigenvalue weighted by Crippen LogP contribution is -2.31. The number of nitrogens with zero attached hydrogens (tertiary/aromatic N) is 1. The Bertz CT molecular complexity index is 1200. The fraction of sp³-hybridized carbons (Fsp3) is 0.217. The summed E-state index contributed by atoms with van der Waals surface area (Å²) in [6.07, 6.45) is -5.10. The molecule has 0 aliphatic heterocycles. The van der Waals surface area contributed by atoms with Gasteiger partial charge in [0.05, 0.1) is 21.2 Å². The molecule has 0 aliphatic carbocycles. The second-order valence-corrected chi connectivity index (χ2v) is 9.25. The molecule has 0 amide bonds. The third kappa shape index (κ3) is 5.19. The van der Waals surface area contributed by atoms with Crippen molar-refractivity contribution in [2.45, 2.75) is 31.0 Å². The molecule has 3 rings (SSSR count). The number of sulfonamides is 1. The zero-order valence-electron chi connectivity index (χ0n) is 17.3. The van der Waals surface area contributed by atoms with E-state index in [4.69, 9.17) is 16.3 Å². The molecule has 3 aromatic carbocycles. The molecule has 9 heteroatoms. The van der Waals surface area contributed by atoms with Gasteiger partial charge in [0.2, 0.25) is 0 Å². The fourth-order valence-corrected chi connectivity index (χ4v) is 4.88. The van der Waals surface area contributed by atoms with Gasteiger partial charge in [0.25, 0.3) is 10.0 Å². The lowest BCUT2D eigenvalue weighted by Gasteiger charge is -2.25. The number of rotatable bonds is 7. The summed E-state index contributed by atoms with van der Waals surface area (Å²) in [6.45, 7) is 3.43. The summed E-state index contributed by atoms with van der Waals surface area (Å²) in [7, 11) is -4.22. The number of ether oxygens (including phenoxy) is 1. The monoisotopic (exact) mass is 483 g/mol. The molecule has 0 fully saturated rings. The minimum absolute atomic E-state index is 0.0295. The molecule has 4 nitrogen and oxygen atoms in total. The minimum atomic E-state index is -4.64. The van der Waals surface area contributed by atoms with Crippen LogP contribution in [0.5, 0.6) is 5.75 Å². The molecule has 0 aromatic heterocycles. The van der Waals surface area contributed by atoms with E-state index in [2.05, 4.69) is 0 Å². The van der Waals surface area contributed by atoms with Crippen LogP contribution >= 0.6 is 11.6 Å². The quantitative estimate of drug-likeness (QED) is 0.375. The molecule has 0 saturated heterocycles. The largest absolute Gasteiger partial charge is 0.484 e. The highest BCUT2D eigenvalue weighted by molar-refractivity contribution is 7.92. The molecule has 0 heterocycles. The number of para-hydroxylation sites is 1. The second-order valence-electron chi connectivity index (χ2n) is 6.98. The molecule has 3 aromatic rings.